The van der Waals surface area contributed by atoms with Crippen molar-refractivity contribution in [1.29, 1.82) is 0 Å². The number of carbonyl (C=O) groups is 2. The number of esters is 1. The van der Waals surface area contributed by atoms with Crippen LogP contribution in [-0.4, -0.2) is 180 Å². The second-order valence-corrected chi connectivity index (χ2v) is 20.5. The molecule has 3 heterocycles. The predicted molar refractivity (Wildman–Crippen MR) is 280 cm³/mol. The molecular weight excluding hydrogens is 973 g/mol. The zero-order valence-electron chi connectivity index (χ0n) is 44.0. The molecule has 420 valence electrons. The van der Waals surface area contributed by atoms with E-state index in [2.05, 4.69) is 5.32 Å². The van der Waals surface area contributed by atoms with Gasteiger partial charge in [0.25, 0.3) is 0 Å². The number of aliphatic hydroxyl groups is 10. The Bertz CT molecular complexity index is 2090. The number of nitrogens with one attached hydrogen (secondary N) is 1. The van der Waals surface area contributed by atoms with Crippen LogP contribution in [0, 0.1) is 17.8 Å². The smallest absolute Gasteiger partial charge is 0.311 e. The number of anilines is 1. The summed E-state index contributed by atoms with van der Waals surface area (Å²) in [4.78, 5) is 27.4. The lowest BCUT2D eigenvalue weighted by atomic mass is 9.82. The van der Waals surface area contributed by atoms with Crippen molar-refractivity contribution >= 4 is 17.6 Å². The number of carboxylic acid groups (broad SMARTS) is 1. The molecule has 1 aromatic rings. The molecule has 0 saturated carbocycles. The molecule has 1 aromatic carbocycles. The molecule has 4 rings (SSSR count). The number of benzene rings is 1. The second kappa shape index (κ2) is 31.1. The van der Waals surface area contributed by atoms with Gasteiger partial charge in [0.15, 0.2) is 12.1 Å². The van der Waals surface area contributed by atoms with E-state index in [-0.39, 0.29) is 44.6 Å². The molecule has 0 amide bonds. The van der Waals surface area contributed by atoms with E-state index >= 15 is 0 Å². The lowest BCUT2D eigenvalue weighted by Crippen LogP contribution is -2.63. The number of hydrogen-bond acceptors (Lipinski definition) is 18. The van der Waals surface area contributed by atoms with Crippen LogP contribution in [-0.2, 0) is 35.1 Å². The Balaban J connectivity index is 1.58. The van der Waals surface area contributed by atoms with E-state index in [0.29, 0.717) is 0 Å². The Kier molecular flexibility index (Phi) is 26.2. The lowest BCUT2D eigenvalue weighted by Gasteiger charge is -2.45. The topological polar surface area (TPSA) is 309 Å². The molecule has 0 radical (unpaired) electrons. The van der Waals surface area contributed by atoms with Gasteiger partial charge in [-0.1, -0.05) is 111 Å². The zero-order valence-corrected chi connectivity index (χ0v) is 44.0. The van der Waals surface area contributed by atoms with E-state index in [1.807, 2.05) is 80.6 Å². The molecular formula is C56H84N2O17. The van der Waals surface area contributed by atoms with Gasteiger partial charge >= 0.3 is 11.9 Å². The molecule has 2 saturated heterocycles. The molecule has 0 aromatic heterocycles. The lowest BCUT2D eigenvalue weighted by molar-refractivity contribution is -0.310. The van der Waals surface area contributed by atoms with Crippen molar-refractivity contribution in [3.05, 3.63) is 115 Å². The normalized spacial score (nSPS) is 40.9. The third kappa shape index (κ3) is 20.8. The number of ether oxygens (including phenoxy) is 4. The van der Waals surface area contributed by atoms with Gasteiger partial charge in [-0.25, -0.2) is 0 Å². The number of allylic oxidation sites excluding steroid dienone is 12. The van der Waals surface area contributed by atoms with Gasteiger partial charge < -0.3 is 85.3 Å². The van der Waals surface area contributed by atoms with Gasteiger partial charge in [-0.15, -0.1) is 0 Å². The minimum Gasteiger partial charge on any atom is -0.481 e. The fourth-order valence-corrected chi connectivity index (χ4v) is 9.31. The summed E-state index contributed by atoms with van der Waals surface area (Å²) in [6, 6.07) is 6.78. The maximum absolute atomic E-state index is 12.7. The molecule has 75 heavy (non-hydrogen) atoms. The maximum atomic E-state index is 12.7. The molecule has 0 aliphatic carbocycles. The largest absolute Gasteiger partial charge is 0.481 e. The minimum absolute atomic E-state index is 0.144. The highest BCUT2D eigenvalue weighted by atomic mass is 16.7. The summed E-state index contributed by atoms with van der Waals surface area (Å²) in [6.07, 6.45) is 3.74. The summed E-state index contributed by atoms with van der Waals surface area (Å²) in [6.45, 7) is 7.11. The van der Waals surface area contributed by atoms with E-state index < -0.39 is 141 Å². The Morgan fingerprint density at radius 2 is 1.24 bits per heavy atom. The van der Waals surface area contributed by atoms with Crippen molar-refractivity contribution < 1.29 is 84.7 Å². The van der Waals surface area contributed by atoms with Crippen molar-refractivity contribution in [1.82, 2.24) is 5.32 Å². The quantitative estimate of drug-likeness (QED) is 0.175. The van der Waals surface area contributed by atoms with Crippen LogP contribution in [0.3, 0.4) is 0 Å². The van der Waals surface area contributed by atoms with Crippen molar-refractivity contribution in [2.45, 2.75) is 183 Å². The monoisotopic (exact) mass is 1060 g/mol. The molecule has 2 fully saturated rings. The number of nitrogens with zero attached hydrogens (tertiary/aromatic N) is 1. The molecule has 3 aliphatic heterocycles. The highest BCUT2D eigenvalue weighted by molar-refractivity contribution is 5.71. The Morgan fingerprint density at radius 1 is 0.680 bits per heavy atom. The highest BCUT2D eigenvalue weighted by Crippen LogP contribution is 2.38. The van der Waals surface area contributed by atoms with Gasteiger partial charge in [0, 0.05) is 57.4 Å². The summed E-state index contributed by atoms with van der Waals surface area (Å²) in [7, 11) is 3.85. The number of aliphatic carboxylic acids is 1. The van der Waals surface area contributed by atoms with Crippen molar-refractivity contribution in [3.8, 4) is 0 Å². The Labute approximate surface area is 441 Å². The fourth-order valence-electron chi connectivity index (χ4n) is 9.31. The average Bonchev–Trinajstić information content (AvgIpc) is 3.33. The van der Waals surface area contributed by atoms with E-state index in [1.165, 1.54) is 0 Å². The molecule has 19 atom stereocenters. The molecule has 0 spiro atoms. The van der Waals surface area contributed by atoms with Crippen LogP contribution in [0.25, 0.3) is 0 Å². The first kappa shape index (κ1) is 63.1. The van der Waals surface area contributed by atoms with Gasteiger partial charge in [0.1, 0.15) is 18.1 Å². The van der Waals surface area contributed by atoms with E-state index in [4.69, 9.17) is 18.9 Å². The Hall–Kier alpha value is -4.42. The van der Waals surface area contributed by atoms with Crippen molar-refractivity contribution in [2.24, 2.45) is 17.8 Å². The predicted octanol–water partition coefficient (Wildman–Crippen LogP) is 2.61. The summed E-state index contributed by atoms with van der Waals surface area (Å²) >= 11 is 0. The van der Waals surface area contributed by atoms with Gasteiger partial charge in [0.2, 0.25) is 0 Å². The molecule has 12 N–H and O–H groups in total. The Morgan fingerprint density at radius 3 is 1.83 bits per heavy atom. The number of carbonyl (C=O) groups excluding carboxylic acids is 1. The third-order valence-electron chi connectivity index (χ3n) is 14.0. The first-order valence-electron chi connectivity index (χ1n) is 25.9. The van der Waals surface area contributed by atoms with Gasteiger partial charge in [0.05, 0.1) is 79.6 Å². The second-order valence-electron chi connectivity index (χ2n) is 20.5. The molecule has 2 bridgehead atoms. The van der Waals surface area contributed by atoms with Gasteiger partial charge in [-0.05, 0) is 57.2 Å². The number of rotatable bonds is 7. The number of carboxylic acids is 1. The number of hydrogen-bond donors (Lipinski definition) is 12. The highest BCUT2D eigenvalue weighted by Gasteiger charge is 2.51. The van der Waals surface area contributed by atoms with Gasteiger partial charge in [-0.3, -0.25) is 9.59 Å². The van der Waals surface area contributed by atoms with Crippen LogP contribution in [0.5, 0.6) is 0 Å². The number of aliphatic hydroxyl groups excluding tert-OH is 9. The molecule has 19 heteroatoms. The summed E-state index contributed by atoms with van der Waals surface area (Å²) in [5, 5.41) is 124. The van der Waals surface area contributed by atoms with Gasteiger partial charge in [-0.2, -0.15) is 0 Å². The molecule has 19 nitrogen and oxygen atoms in total. The zero-order chi connectivity index (χ0) is 55.4. The summed E-state index contributed by atoms with van der Waals surface area (Å²) < 4.78 is 23.9. The average molecular weight is 1060 g/mol. The number of cyclic esters (lactones) is 1. The minimum atomic E-state index is -2.37. The fraction of sp³-hybridized carbons (Fsp3) is 0.607. The standard InChI is InChI=1S/C56H84N2O17/c1-34-19-17-15-13-11-9-7-8-10-12-14-16-18-20-43(74-55-53(68)50(52(67)37(4)73-55)57-33-38-21-23-39(24-22-38)58(5)6)30-47-49(54(69)70)46(64)32-56(71,75-47)31-45(63)44(62)26-25-40(59)27-41(60)28-42(61)29-48(65)72-36(3)35(2)51(34)66/h7-24,34-37,40-47,49-53,55,57,59-64,66-68,71H,25-33H2,1-6H3,(H,69,70)/b8-7+,11-9+,12-10+,15-13+,16-14+,19-17+,20-18+/t34-,35-,36-,37+,40+,41+,42+,43-,44+,45+,46-,47-,49+,50-,51+,52+,53-,55-,56+/m0/s1. The van der Waals surface area contributed by atoms with E-state index in [1.54, 1.807) is 75.5 Å². The summed E-state index contributed by atoms with van der Waals surface area (Å²) in [5.41, 5.74) is 1.87. The third-order valence-corrected chi connectivity index (χ3v) is 14.0. The van der Waals surface area contributed by atoms with E-state index in [9.17, 15) is 65.8 Å². The first-order valence-corrected chi connectivity index (χ1v) is 25.9. The van der Waals surface area contributed by atoms with Crippen LogP contribution >= 0.6 is 0 Å². The first-order chi connectivity index (χ1) is 35.5. The van der Waals surface area contributed by atoms with E-state index in [0.717, 1.165) is 11.3 Å². The van der Waals surface area contributed by atoms with Crippen LogP contribution < -0.4 is 10.2 Å². The summed E-state index contributed by atoms with van der Waals surface area (Å²) in [5.74, 6) is -6.91. The van der Waals surface area contributed by atoms with Crippen molar-refractivity contribution in [2.75, 3.05) is 19.0 Å². The van der Waals surface area contributed by atoms with Crippen LogP contribution in [0.2, 0.25) is 0 Å². The van der Waals surface area contributed by atoms with Crippen molar-refractivity contribution in [3.63, 3.8) is 0 Å². The maximum Gasteiger partial charge on any atom is 0.311 e. The van der Waals surface area contributed by atoms with Crippen LogP contribution in [0.15, 0.2) is 109 Å². The SMILES string of the molecule is C[C@@H]1[C@H](O)[C@@H](C)/C=C/C=C/C=C/C=C/C=C/C=C/C=C/[C@H](O[C@@H]2O[C@H](C)[C@@H](O)[C@H](NCc3ccc(N(C)C)cc3)[C@@H]2O)C[C@@H]2O[C@](O)(C[C@@H](O)[C@H](O)CC[C@@H](O)C[C@@H](O)C[C@@H](O)CC(=O)O[C@H]1C)C[C@H](O)[C@H]2C(=O)O. The molecule has 3 aliphatic rings. The van der Waals surface area contributed by atoms with Crippen LogP contribution in [0.4, 0.5) is 5.69 Å². The van der Waals surface area contributed by atoms with Crippen LogP contribution in [0.1, 0.15) is 84.6 Å². The number of fused-ring (bicyclic) bond motifs is 2. The molecule has 0 unspecified atom stereocenters.